The summed E-state index contributed by atoms with van der Waals surface area (Å²) in [5, 5.41) is 14.0. The maximum atomic E-state index is 10.1. The largest absolute Gasteiger partial charge is 0.391 e. The Bertz CT molecular complexity index is 733. The lowest BCUT2D eigenvalue weighted by molar-refractivity contribution is 0.191. The third-order valence-corrected chi connectivity index (χ3v) is 4.92. The summed E-state index contributed by atoms with van der Waals surface area (Å²) in [5.41, 5.74) is 1.12. The fourth-order valence-corrected chi connectivity index (χ4v) is 3.77. The summed E-state index contributed by atoms with van der Waals surface area (Å²) < 4.78 is 5.26. The summed E-state index contributed by atoms with van der Waals surface area (Å²) in [4.78, 5) is 15.5. The zero-order valence-corrected chi connectivity index (χ0v) is 14.7. The van der Waals surface area contributed by atoms with Crippen molar-refractivity contribution in [1.82, 2.24) is 20.0 Å². The lowest BCUT2D eigenvalue weighted by Crippen LogP contribution is -2.38. The molecule has 0 amide bonds. The monoisotopic (exact) mass is 344 g/mol. The molecule has 1 fully saturated rings. The molecule has 0 aliphatic carbocycles. The van der Waals surface area contributed by atoms with E-state index in [0.29, 0.717) is 6.54 Å². The molecule has 0 spiro atoms. The molecule has 8 heteroatoms. The highest BCUT2D eigenvalue weighted by molar-refractivity contribution is 5.52. The molecule has 2 aromatic rings. The van der Waals surface area contributed by atoms with Crippen LogP contribution < -0.4 is 9.80 Å². The Balaban J connectivity index is 1.55. The summed E-state index contributed by atoms with van der Waals surface area (Å²) in [7, 11) is 4.11. The van der Waals surface area contributed by atoms with Gasteiger partial charge in [0, 0.05) is 50.3 Å². The van der Waals surface area contributed by atoms with Crippen molar-refractivity contribution in [2.24, 2.45) is 0 Å². The van der Waals surface area contributed by atoms with Crippen LogP contribution in [-0.2, 0) is 13.0 Å². The number of β-amino-alcohol motifs (C(OH)–C–C–N with tert-alkyl or cyclic N) is 1. The Kier molecular flexibility index (Phi) is 4.30. The van der Waals surface area contributed by atoms with Gasteiger partial charge in [0.15, 0.2) is 0 Å². The van der Waals surface area contributed by atoms with E-state index in [1.54, 1.807) is 12.5 Å². The Hall–Kier alpha value is -2.19. The molecule has 4 rings (SSSR count). The number of aliphatic hydroxyl groups excluding tert-OH is 1. The average Bonchev–Trinajstić information content (AvgIpc) is 3.20. The number of hydrogen-bond donors (Lipinski definition) is 1. The van der Waals surface area contributed by atoms with Gasteiger partial charge in [-0.25, -0.2) is 9.97 Å². The molecule has 0 bridgehead atoms. The molecule has 0 saturated carbocycles. The molecule has 2 aromatic heterocycles. The van der Waals surface area contributed by atoms with Crippen LogP contribution in [0.1, 0.15) is 17.7 Å². The SMILES string of the molecule is CN(C)C[C@H]1C[C@@H](O)CN1c1cc(N2CCc3oncc3C2)ncn1. The predicted octanol–water partition coefficient (Wildman–Crippen LogP) is 0.528. The molecule has 25 heavy (non-hydrogen) atoms. The molecule has 2 atom stereocenters. The van der Waals surface area contributed by atoms with Crippen molar-refractivity contribution < 1.29 is 9.63 Å². The van der Waals surface area contributed by atoms with Crippen LogP contribution in [0.3, 0.4) is 0 Å². The molecular weight excluding hydrogens is 320 g/mol. The Labute approximate surface area is 147 Å². The lowest BCUT2D eigenvalue weighted by atomic mass is 10.1. The molecule has 0 unspecified atom stereocenters. The molecule has 0 radical (unpaired) electrons. The fourth-order valence-electron chi connectivity index (χ4n) is 3.77. The van der Waals surface area contributed by atoms with Crippen LogP contribution in [0.4, 0.5) is 11.6 Å². The number of hydrogen-bond acceptors (Lipinski definition) is 8. The van der Waals surface area contributed by atoms with Crippen LogP contribution in [-0.4, -0.2) is 71.0 Å². The van der Waals surface area contributed by atoms with E-state index in [1.807, 2.05) is 6.07 Å². The molecule has 2 aliphatic heterocycles. The minimum Gasteiger partial charge on any atom is -0.391 e. The van der Waals surface area contributed by atoms with Crippen LogP contribution in [0.15, 0.2) is 23.1 Å². The second kappa shape index (κ2) is 6.61. The second-order valence-corrected chi connectivity index (χ2v) is 7.14. The van der Waals surface area contributed by atoms with Crippen LogP contribution in [0, 0.1) is 0 Å². The van der Waals surface area contributed by atoms with Gasteiger partial charge in [-0.3, -0.25) is 0 Å². The van der Waals surface area contributed by atoms with Crippen molar-refractivity contribution in [2.45, 2.75) is 31.5 Å². The van der Waals surface area contributed by atoms with Gasteiger partial charge in [-0.15, -0.1) is 0 Å². The number of anilines is 2. The number of aromatic nitrogens is 3. The van der Waals surface area contributed by atoms with E-state index in [1.165, 1.54) is 0 Å². The maximum Gasteiger partial charge on any atom is 0.143 e. The van der Waals surface area contributed by atoms with E-state index >= 15 is 0 Å². The van der Waals surface area contributed by atoms with Gasteiger partial charge in [-0.2, -0.15) is 0 Å². The fraction of sp³-hybridized carbons (Fsp3) is 0.588. The highest BCUT2D eigenvalue weighted by Gasteiger charge is 2.32. The molecule has 8 nitrogen and oxygen atoms in total. The lowest BCUT2D eigenvalue weighted by Gasteiger charge is -2.30. The van der Waals surface area contributed by atoms with E-state index in [0.717, 1.165) is 55.4 Å². The van der Waals surface area contributed by atoms with Gasteiger partial charge in [-0.05, 0) is 20.5 Å². The first-order valence-electron chi connectivity index (χ1n) is 8.69. The van der Waals surface area contributed by atoms with Crippen molar-refractivity contribution in [2.75, 3.05) is 43.5 Å². The zero-order valence-electron chi connectivity index (χ0n) is 14.7. The Morgan fingerprint density at radius 3 is 3.00 bits per heavy atom. The number of nitrogens with zero attached hydrogens (tertiary/aromatic N) is 6. The van der Waals surface area contributed by atoms with Crippen molar-refractivity contribution in [1.29, 1.82) is 0 Å². The van der Waals surface area contributed by atoms with E-state index in [4.69, 9.17) is 4.52 Å². The molecule has 1 N–H and O–H groups in total. The number of fused-ring (bicyclic) bond motifs is 1. The normalized spacial score (nSPS) is 23.4. The van der Waals surface area contributed by atoms with Gasteiger partial charge >= 0.3 is 0 Å². The van der Waals surface area contributed by atoms with Crippen molar-refractivity contribution in [3.8, 4) is 0 Å². The van der Waals surface area contributed by atoms with Crippen LogP contribution in [0.5, 0.6) is 0 Å². The summed E-state index contributed by atoms with van der Waals surface area (Å²) in [6.45, 7) is 3.11. The molecule has 0 aromatic carbocycles. The van der Waals surface area contributed by atoms with Gasteiger partial charge in [0.25, 0.3) is 0 Å². The van der Waals surface area contributed by atoms with Crippen molar-refractivity contribution in [3.05, 3.63) is 29.9 Å². The number of aliphatic hydroxyl groups is 1. The predicted molar refractivity (Wildman–Crippen MR) is 93.6 cm³/mol. The van der Waals surface area contributed by atoms with E-state index in [-0.39, 0.29) is 12.1 Å². The van der Waals surface area contributed by atoms with Gasteiger partial charge in [0.1, 0.15) is 23.7 Å². The van der Waals surface area contributed by atoms with Crippen LogP contribution in [0.2, 0.25) is 0 Å². The third-order valence-electron chi connectivity index (χ3n) is 4.92. The Morgan fingerprint density at radius 1 is 1.32 bits per heavy atom. The van der Waals surface area contributed by atoms with Crippen molar-refractivity contribution in [3.63, 3.8) is 0 Å². The van der Waals surface area contributed by atoms with E-state index < -0.39 is 0 Å². The van der Waals surface area contributed by atoms with E-state index in [2.05, 4.69) is 43.9 Å². The van der Waals surface area contributed by atoms with Crippen molar-refractivity contribution >= 4 is 11.6 Å². The summed E-state index contributed by atoms with van der Waals surface area (Å²) in [5.74, 6) is 2.76. The first-order chi connectivity index (χ1) is 12.1. The van der Waals surface area contributed by atoms with Gasteiger partial charge < -0.3 is 24.3 Å². The van der Waals surface area contributed by atoms with Crippen LogP contribution >= 0.6 is 0 Å². The quantitative estimate of drug-likeness (QED) is 0.860. The van der Waals surface area contributed by atoms with Crippen LogP contribution in [0.25, 0.3) is 0 Å². The van der Waals surface area contributed by atoms with Gasteiger partial charge in [0.2, 0.25) is 0 Å². The third kappa shape index (κ3) is 3.32. The van der Waals surface area contributed by atoms with E-state index in [9.17, 15) is 5.11 Å². The first-order valence-corrected chi connectivity index (χ1v) is 8.69. The zero-order chi connectivity index (χ0) is 17.4. The van der Waals surface area contributed by atoms with Gasteiger partial charge in [-0.1, -0.05) is 5.16 Å². The second-order valence-electron chi connectivity index (χ2n) is 7.14. The smallest absolute Gasteiger partial charge is 0.143 e. The first kappa shape index (κ1) is 16.3. The molecule has 2 aliphatic rings. The average molecular weight is 344 g/mol. The minimum absolute atomic E-state index is 0.263. The molecule has 4 heterocycles. The standard InChI is InChI=1S/C17H24N6O2/c1-21(2)9-13-5-14(24)10-23(13)17-6-16(18-11-19-17)22-4-3-15-12(8-22)7-20-25-15/h6-7,11,13-14,24H,3-5,8-10H2,1-2H3/t13-,14-/m1/s1. The minimum atomic E-state index is -0.307. The highest BCUT2D eigenvalue weighted by Crippen LogP contribution is 2.28. The number of likely N-dealkylation sites (N-methyl/N-ethyl adjacent to an activating group) is 1. The molecule has 134 valence electrons. The Morgan fingerprint density at radius 2 is 2.16 bits per heavy atom. The summed E-state index contributed by atoms with van der Waals surface area (Å²) in [6.07, 6.45) is 4.70. The van der Waals surface area contributed by atoms with Gasteiger partial charge in [0.05, 0.1) is 12.3 Å². The molecule has 1 saturated heterocycles. The molecular formula is C17H24N6O2. The maximum absolute atomic E-state index is 10.1. The highest BCUT2D eigenvalue weighted by atomic mass is 16.5. The topological polar surface area (TPSA) is 81.8 Å². The number of rotatable bonds is 4. The summed E-state index contributed by atoms with van der Waals surface area (Å²) >= 11 is 0. The summed E-state index contributed by atoms with van der Waals surface area (Å²) in [6, 6.07) is 2.29.